The Balaban J connectivity index is 1.83. The van der Waals surface area contributed by atoms with E-state index in [0.29, 0.717) is 36.9 Å². The van der Waals surface area contributed by atoms with E-state index in [1.165, 1.54) is 0 Å². The number of nitrogens with zero attached hydrogens (tertiary/aromatic N) is 3. The molecule has 0 aliphatic heterocycles. The van der Waals surface area contributed by atoms with Gasteiger partial charge < -0.3 is 14.4 Å². The van der Waals surface area contributed by atoms with Crippen molar-refractivity contribution in [2.45, 2.75) is 32.1 Å². The number of ether oxygens (including phenoxy) is 1. The van der Waals surface area contributed by atoms with Crippen LogP contribution in [0, 0.1) is 0 Å². The second-order valence-electron chi connectivity index (χ2n) is 4.59. The van der Waals surface area contributed by atoms with Gasteiger partial charge in [-0.2, -0.15) is 4.98 Å². The molecule has 0 aromatic carbocycles. The quantitative estimate of drug-likeness (QED) is 0.741. The molecular weight excluding hydrogens is 274 g/mol. The zero-order chi connectivity index (χ0) is 15.1. The van der Waals surface area contributed by atoms with Gasteiger partial charge in [0.2, 0.25) is 11.8 Å². The molecule has 0 radical (unpaired) electrons. The molecule has 0 spiro atoms. The molecule has 0 saturated heterocycles. The maximum Gasteiger partial charge on any atom is 0.303 e. The van der Waals surface area contributed by atoms with E-state index >= 15 is 0 Å². The van der Waals surface area contributed by atoms with Crippen molar-refractivity contribution in [3.8, 4) is 5.88 Å². The summed E-state index contributed by atoms with van der Waals surface area (Å²) in [5.74, 6) is 0.909. The van der Waals surface area contributed by atoms with Gasteiger partial charge in [0, 0.05) is 31.5 Å². The number of hydrogen-bond acceptors (Lipinski definition) is 6. The van der Waals surface area contributed by atoms with Gasteiger partial charge in [-0.3, -0.25) is 4.79 Å². The van der Waals surface area contributed by atoms with Gasteiger partial charge in [0.15, 0.2) is 5.82 Å². The fraction of sp³-hybridized carbons (Fsp3) is 0.429. The zero-order valence-corrected chi connectivity index (χ0v) is 11.8. The number of methoxy groups -OCH3 is 1. The smallest absolute Gasteiger partial charge is 0.303 e. The summed E-state index contributed by atoms with van der Waals surface area (Å²) in [6.45, 7) is 0. The fourth-order valence-electron chi connectivity index (χ4n) is 1.83. The molecule has 21 heavy (non-hydrogen) atoms. The van der Waals surface area contributed by atoms with E-state index in [-0.39, 0.29) is 6.42 Å². The first kappa shape index (κ1) is 15.0. The highest BCUT2D eigenvalue weighted by Crippen LogP contribution is 2.11. The average Bonchev–Trinajstić information content (AvgIpc) is 2.92. The Labute approximate surface area is 122 Å². The molecule has 2 aromatic heterocycles. The topological polar surface area (TPSA) is 98.3 Å². The van der Waals surface area contributed by atoms with Crippen LogP contribution in [0.1, 0.15) is 36.5 Å². The van der Waals surface area contributed by atoms with Crippen LogP contribution in [-0.2, 0) is 17.6 Å². The van der Waals surface area contributed by atoms with Crippen molar-refractivity contribution in [2.75, 3.05) is 7.11 Å². The summed E-state index contributed by atoms with van der Waals surface area (Å²) in [4.78, 5) is 18.8. The second kappa shape index (κ2) is 7.37. The van der Waals surface area contributed by atoms with Gasteiger partial charge in [0.05, 0.1) is 7.11 Å². The van der Waals surface area contributed by atoms with Crippen LogP contribution in [0.4, 0.5) is 0 Å². The lowest BCUT2D eigenvalue weighted by Gasteiger charge is -1.99. The number of aliphatic carboxylic acids is 1. The molecule has 7 nitrogen and oxygen atoms in total. The summed E-state index contributed by atoms with van der Waals surface area (Å²) in [7, 11) is 1.57. The fourth-order valence-corrected chi connectivity index (χ4v) is 1.83. The third-order valence-corrected chi connectivity index (χ3v) is 2.91. The van der Waals surface area contributed by atoms with E-state index in [4.69, 9.17) is 14.4 Å². The summed E-state index contributed by atoms with van der Waals surface area (Å²) in [5.41, 5.74) is 0.967. The van der Waals surface area contributed by atoms with E-state index < -0.39 is 5.97 Å². The molecule has 0 saturated carbocycles. The first-order chi connectivity index (χ1) is 10.2. The SMILES string of the molecule is COc1ccc(Cc2noc(CCCCC(=O)O)n2)cn1. The lowest BCUT2D eigenvalue weighted by atomic mass is 10.2. The van der Waals surface area contributed by atoms with E-state index in [1.807, 2.05) is 6.07 Å². The van der Waals surface area contributed by atoms with Gasteiger partial charge in [-0.05, 0) is 18.4 Å². The minimum atomic E-state index is -0.784. The van der Waals surface area contributed by atoms with Gasteiger partial charge in [-0.25, -0.2) is 4.98 Å². The maximum absolute atomic E-state index is 10.4. The second-order valence-corrected chi connectivity index (χ2v) is 4.59. The minimum absolute atomic E-state index is 0.165. The molecule has 112 valence electrons. The van der Waals surface area contributed by atoms with Crippen molar-refractivity contribution in [3.05, 3.63) is 35.6 Å². The average molecular weight is 291 g/mol. The van der Waals surface area contributed by atoms with Crippen LogP contribution in [0.2, 0.25) is 0 Å². The van der Waals surface area contributed by atoms with Gasteiger partial charge in [0.1, 0.15) is 0 Å². The Morgan fingerprint density at radius 2 is 2.24 bits per heavy atom. The molecule has 0 aliphatic rings. The summed E-state index contributed by atoms with van der Waals surface area (Å²) in [6, 6.07) is 3.68. The molecular formula is C14H17N3O4. The largest absolute Gasteiger partial charge is 0.481 e. The summed E-state index contributed by atoms with van der Waals surface area (Å²) in [5, 5.41) is 12.5. The number of carboxylic acids is 1. The molecule has 0 unspecified atom stereocenters. The molecule has 7 heteroatoms. The van der Waals surface area contributed by atoms with E-state index in [1.54, 1.807) is 19.4 Å². The van der Waals surface area contributed by atoms with E-state index in [9.17, 15) is 4.79 Å². The Morgan fingerprint density at radius 1 is 1.38 bits per heavy atom. The normalized spacial score (nSPS) is 10.5. The number of aromatic nitrogens is 3. The number of unbranched alkanes of at least 4 members (excludes halogenated alkanes) is 1. The Bertz CT molecular complexity index is 580. The molecule has 1 N–H and O–H groups in total. The van der Waals surface area contributed by atoms with Crippen molar-refractivity contribution in [2.24, 2.45) is 0 Å². The van der Waals surface area contributed by atoms with Crippen molar-refractivity contribution >= 4 is 5.97 Å². The Kier molecular flexibility index (Phi) is 5.25. The monoisotopic (exact) mass is 291 g/mol. The van der Waals surface area contributed by atoms with Crippen LogP contribution in [0.15, 0.2) is 22.9 Å². The van der Waals surface area contributed by atoms with Crippen LogP contribution in [0.3, 0.4) is 0 Å². The number of aryl methyl sites for hydroxylation is 1. The lowest BCUT2D eigenvalue weighted by Crippen LogP contribution is -1.96. The molecule has 2 aromatic rings. The summed E-state index contributed by atoms with van der Waals surface area (Å²) >= 11 is 0. The highest BCUT2D eigenvalue weighted by atomic mass is 16.5. The Hall–Kier alpha value is -2.44. The molecule has 2 rings (SSSR count). The van der Waals surface area contributed by atoms with Crippen molar-refractivity contribution < 1.29 is 19.2 Å². The molecule has 0 bridgehead atoms. The molecule has 0 atom stereocenters. The zero-order valence-electron chi connectivity index (χ0n) is 11.8. The number of carbonyl (C=O) groups is 1. The van der Waals surface area contributed by atoms with Crippen LogP contribution < -0.4 is 4.74 Å². The number of hydrogen-bond donors (Lipinski definition) is 1. The van der Waals surface area contributed by atoms with Crippen LogP contribution >= 0.6 is 0 Å². The summed E-state index contributed by atoms with van der Waals surface area (Å²) < 4.78 is 10.1. The third kappa shape index (κ3) is 4.87. The molecule has 0 aliphatic carbocycles. The first-order valence-corrected chi connectivity index (χ1v) is 6.69. The minimum Gasteiger partial charge on any atom is -0.481 e. The van der Waals surface area contributed by atoms with E-state index in [0.717, 1.165) is 12.0 Å². The predicted molar refractivity (Wildman–Crippen MR) is 73.1 cm³/mol. The molecule has 0 amide bonds. The standard InChI is InChI=1S/C14H17N3O4/c1-20-12-7-6-10(9-15-12)8-11-16-13(21-17-11)4-2-3-5-14(18)19/h6-7,9H,2-5,8H2,1H3,(H,18,19). The molecule has 2 heterocycles. The van der Waals surface area contributed by atoms with Crippen molar-refractivity contribution in [1.82, 2.24) is 15.1 Å². The van der Waals surface area contributed by atoms with Crippen molar-refractivity contribution in [1.29, 1.82) is 0 Å². The van der Waals surface area contributed by atoms with E-state index in [2.05, 4.69) is 15.1 Å². The Morgan fingerprint density at radius 3 is 2.90 bits per heavy atom. The van der Waals surface area contributed by atoms with Gasteiger partial charge >= 0.3 is 5.97 Å². The van der Waals surface area contributed by atoms with Crippen LogP contribution in [0.25, 0.3) is 0 Å². The summed E-state index contributed by atoms with van der Waals surface area (Å²) in [6.07, 6.45) is 4.34. The third-order valence-electron chi connectivity index (χ3n) is 2.91. The number of rotatable bonds is 8. The highest BCUT2D eigenvalue weighted by molar-refractivity contribution is 5.66. The van der Waals surface area contributed by atoms with Crippen molar-refractivity contribution in [3.63, 3.8) is 0 Å². The highest BCUT2D eigenvalue weighted by Gasteiger charge is 2.08. The van der Waals surface area contributed by atoms with Gasteiger partial charge in [-0.1, -0.05) is 11.2 Å². The first-order valence-electron chi connectivity index (χ1n) is 6.69. The number of carboxylic acid groups (broad SMARTS) is 1. The van der Waals surface area contributed by atoms with Gasteiger partial charge in [0.25, 0.3) is 0 Å². The van der Waals surface area contributed by atoms with Gasteiger partial charge in [-0.15, -0.1) is 0 Å². The maximum atomic E-state index is 10.4. The van der Waals surface area contributed by atoms with Crippen LogP contribution in [-0.4, -0.2) is 33.3 Å². The molecule has 0 fully saturated rings. The lowest BCUT2D eigenvalue weighted by molar-refractivity contribution is -0.137. The number of pyridine rings is 1. The van der Waals surface area contributed by atoms with Crippen LogP contribution in [0.5, 0.6) is 5.88 Å². The predicted octanol–water partition coefficient (Wildman–Crippen LogP) is 1.86.